The van der Waals surface area contributed by atoms with E-state index in [4.69, 9.17) is 9.72 Å². The van der Waals surface area contributed by atoms with Gasteiger partial charge in [-0.2, -0.15) is 0 Å². The highest BCUT2D eigenvalue weighted by atomic mass is 32.1. The number of thiazole rings is 1. The van der Waals surface area contributed by atoms with Crippen molar-refractivity contribution < 1.29 is 14.3 Å². The molecule has 3 saturated heterocycles. The quantitative estimate of drug-likeness (QED) is 0.374. The first kappa shape index (κ1) is 28.1. The molecule has 3 aliphatic heterocycles. The van der Waals surface area contributed by atoms with Gasteiger partial charge in [-0.1, -0.05) is 12.1 Å². The van der Waals surface area contributed by atoms with E-state index in [-0.39, 0.29) is 29.7 Å². The molecule has 0 aliphatic carbocycles. The van der Waals surface area contributed by atoms with Crippen molar-refractivity contribution in [3.8, 4) is 0 Å². The maximum absolute atomic E-state index is 14.0. The van der Waals surface area contributed by atoms with Gasteiger partial charge in [0.05, 0.1) is 21.6 Å². The lowest BCUT2D eigenvalue weighted by molar-refractivity contribution is 0.0225. The van der Waals surface area contributed by atoms with Gasteiger partial charge in [0.2, 0.25) is 5.43 Å². The summed E-state index contributed by atoms with van der Waals surface area (Å²) < 4.78 is 8.53. The molecule has 0 spiro atoms. The number of likely N-dealkylation sites (tertiary alicyclic amines) is 2. The first-order valence-electron chi connectivity index (χ1n) is 15.2. The normalized spacial score (nSPS) is 22.7. The molecule has 43 heavy (non-hydrogen) atoms. The van der Waals surface area contributed by atoms with Crippen molar-refractivity contribution in [2.24, 2.45) is 11.8 Å². The molecule has 10 nitrogen and oxygen atoms in total. The molecule has 0 saturated carbocycles. The summed E-state index contributed by atoms with van der Waals surface area (Å²) in [5, 5.41) is 3.41. The van der Waals surface area contributed by atoms with Crippen molar-refractivity contribution in [3.63, 3.8) is 0 Å². The molecule has 4 aromatic rings. The van der Waals surface area contributed by atoms with Crippen molar-refractivity contribution in [2.75, 3.05) is 51.2 Å². The van der Waals surface area contributed by atoms with Crippen molar-refractivity contribution in [1.29, 1.82) is 0 Å². The fourth-order valence-corrected chi connectivity index (χ4v) is 8.26. The predicted octanol–water partition coefficient (Wildman–Crippen LogP) is 4.19. The SMILES string of the molecule is CN1CC2CN(c3ccc4c(=O)c(C(=O)NCC5CCCN5C(=O)OC(C)(C)C)c5sc6ccccc6n5c4n3)CC2C1. The van der Waals surface area contributed by atoms with Gasteiger partial charge < -0.3 is 24.8 Å². The number of fused-ring (bicyclic) bond motifs is 6. The van der Waals surface area contributed by atoms with Gasteiger partial charge in [-0.25, -0.2) is 9.78 Å². The molecule has 3 fully saturated rings. The van der Waals surface area contributed by atoms with E-state index < -0.39 is 11.5 Å². The first-order chi connectivity index (χ1) is 20.6. The van der Waals surface area contributed by atoms with Crippen molar-refractivity contribution in [3.05, 3.63) is 52.2 Å². The second-order valence-corrected chi connectivity index (χ2v) is 14.3. The molecular formula is C32H38N6O4S. The summed E-state index contributed by atoms with van der Waals surface area (Å²) in [6.07, 6.45) is 1.22. The van der Waals surface area contributed by atoms with Crippen LogP contribution in [0.1, 0.15) is 44.0 Å². The lowest BCUT2D eigenvalue weighted by Gasteiger charge is -2.28. The van der Waals surface area contributed by atoms with Gasteiger partial charge >= 0.3 is 6.09 Å². The minimum atomic E-state index is -0.599. The molecule has 2 amide bonds. The highest BCUT2D eigenvalue weighted by Crippen LogP contribution is 2.35. The van der Waals surface area contributed by atoms with Crippen LogP contribution in [0.15, 0.2) is 41.2 Å². The Kier molecular flexibility index (Phi) is 6.85. The summed E-state index contributed by atoms with van der Waals surface area (Å²) in [5.41, 5.74) is 0.682. The average Bonchev–Trinajstić information content (AvgIpc) is 3.72. The Morgan fingerprint density at radius 3 is 2.56 bits per heavy atom. The number of para-hydroxylation sites is 1. The van der Waals surface area contributed by atoms with Crippen LogP contribution in [0.4, 0.5) is 10.6 Å². The van der Waals surface area contributed by atoms with Gasteiger partial charge in [-0.3, -0.25) is 14.0 Å². The zero-order valence-corrected chi connectivity index (χ0v) is 25.9. The summed E-state index contributed by atoms with van der Waals surface area (Å²) in [6, 6.07) is 11.5. The number of nitrogens with one attached hydrogen (secondary N) is 1. The largest absolute Gasteiger partial charge is 0.444 e. The van der Waals surface area contributed by atoms with Crippen LogP contribution >= 0.6 is 11.3 Å². The van der Waals surface area contributed by atoms with Crippen LogP contribution in [0.5, 0.6) is 0 Å². The van der Waals surface area contributed by atoms with Gasteiger partial charge in [0.25, 0.3) is 5.91 Å². The highest BCUT2D eigenvalue weighted by molar-refractivity contribution is 7.24. The first-order valence-corrected chi connectivity index (χ1v) is 16.0. The summed E-state index contributed by atoms with van der Waals surface area (Å²) in [7, 11) is 2.18. The fraction of sp³-hybridized carbons (Fsp3) is 0.500. The van der Waals surface area contributed by atoms with E-state index in [1.54, 1.807) is 4.90 Å². The number of nitrogens with zero attached hydrogens (tertiary/aromatic N) is 5. The molecule has 1 aromatic carbocycles. The summed E-state index contributed by atoms with van der Waals surface area (Å²) in [6.45, 7) is 10.5. The fourth-order valence-electron chi connectivity index (χ4n) is 7.08. The van der Waals surface area contributed by atoms with E-state index in [9.17, 15) is 14.4 Å². The summed E-state index contributed by atoms with van der Waals surface area (Å²) in [4.78, 5) is 52.7. The number of carbonyl (C=O) groups is 2. The molecule has 3 aliphatic rings. The zero-order chi connectivity index (χ0) is 30.0. The molecule has 3 atom stereocenters. The Morgan fingerprint density at radius 1 is 1.07 bits per heavy atom. The topological polar surface area (TPSA) is 99.5 Å². The number of rotatable bonds is 4. The van der Waals surface area contributed by atoms with E-state index >= 15 is 0 Å². The third-order valence-corrected chi connectivity index (χ3v) is 10.1. The maximum Gasteiger partial charge on any atom is 0.410 e. The molecule has 7 rings (SSSR count). The number of amides is 2. The minimum Gasteiger partial charge on any atom is -0.444 e. The maximum atomic E-state index is 14.0. The number of hydrogen-bond acceptors (Lipinski definition) is 8. The van der Waals surface area contributed by atoms with E-state index in [2.05, 4.69) is 22.2 Å². The summed E-state index contributed by atoms with van der Waals surface area (Å²) >= 11 is 1.43. The second kappa shape index (κ2) is 10.5. The van der Waals surface area contributed by atoms with Gasteiger partial charge in [0.1, 0.15) is 21.8 Å². The van der Waals surface area contributed by atoms with Crippen LogP contribution in [0.3, 0.4) is 0 Å². The average molecular weight is 603 g/mol. The third kappa shape index (κ3) is 5.02. The van der Waals surface area contributed by atoms with E-state index in [1.165, 1.54) is 11.3 Å². The van der Waals surface area contributed by atoms with Gasteiger partial charge in [0.15, 0.2) is 5.65 Å². The Labute approximate surface area is 254 Å². The van der Waals surface area contributed by atoms with Crippen LogP contribution < -0.4 is 15.6 Å². The van der Waals surface area contributed by atoms with Crippen molar-refractivity contribution in [2.45, 2.75) is 45.3 Å². The molecule has 3 unspecified atom stereocenters. The lowest BCUT2D eigenvalue weighted by Crippen LogP contribution is -2.45. The van der Waals surface area contributed by atoms with Crippen LogP contribution in [0.25, 0.3) is 26.1 Å². The molecule has 3 aromatic heterocycles. The Balaban J connectivity index is 1.23. The second-order valence-electron chi connectivity index (χ2n) is 13.3. The predicted molar refractivity (Wildman–Crippen MR) is 169 cm³/mol. The Bertz CT molecular complexity index is 1800. The van der Waals surface area contributed by atoms with Crippen molar-refractivity contribution in [1.82, 2.24) is 24.5 Å². The molecule has 6 heterocycles. The van der Waals surface area contributed by atoms with Crippen LogP contribution in [-0.2, 0) is 4.74 Å². The molecular weight excluding hydrogens is 564 g/mol. The number of aromatic nitrogens is 2. The molecule has 1 N–H and O–H groups in total. The van der Waals surface area contributed by atoms with E-state index in [1.807, 2.05) is 61.6 Å². The Morgan fingerprint density at radius 2 is 1.81 bits per heavy atom. The molecule has 11 heteroatoms. The molecule has 0 bridgehead atoms. The third-order valence-electron chi connectivity index (χ3n) is 9.00. The Hall–Kier alpha value is -3.70. The van der Waals surface area contributed by atoms with Crippen LogP contribution in [0.2, 0.25) is 0 Å². The zero-order valence-electron chi connectivity index (χ0n) is 25.1. The van der Waals surface area contributed by atoms with Crippen molar-refractivity contribution >= 4 is 55.2 Å². The number of anilines is 1. The smallest absolute Gasteiger partial charge is 0.410 e. The van der Waals surface area contributed by atoms with Crippen LogP contribution in [-0.4, -0.2) is 89.1 Å². The van der Waals surface area contributed by atoms with Gasteiger partial charge in [-0.15, -0.1) is 11.3 Å². The number of pyridine rings is 2. The monoisotopic (exact) mass is 602 g/mol. The molecule has 0 radical (unpaired) electrons. The number of carbonyl (C=O) groups excluding carboxylic acids is 2. The number of ether oxygens (including phenoxy) is 1. The van der Waals surface area contributed by atoms with Gasteiger partial charge in [0, 0.05) is 39.3 Å². The van der Waals surface area contributed by atoms with E-state index in [0.717, 1.165) is 55.1 Å². The number of hydrogen-bond donors (Lipinski definition) is 1. The van der Waals surface area contributed by atoms with Gasteiger partial charge in [-0.05, 0) is 76.8 Å². The van der Waals surface area contributed by atoms with Crippen LogP contribution in [0, 0.1) is 11.8 Å². The molecule has 226 valence electrons. The highest BCUT2D eigenvalue weighted by Gasteiger charge is 2.39. The summed E-state index contributed by atoms with van der Waals surface area (Å²) in [5.74, 6) is 1.69. The standard InChI is InChI=1S/C32H38N6O4S/c1-32(2,3)42-31(41)37-13-7-8-21(37)14-33-29(40)26-27(39)22-11-12-25(36-17-19-15-35(4)16-20(19)18-36)34-28(22)38-23-9-5-6-10-24(23)43-30(26)38/h5-6,9-12,19-21H,7-8,13-18H2,1-4H3,(H,33,40). The van der Waals surface area contributed by atoms with E-state index in [0.29, 0.717) is 34.2 Å². The minimum absolute atomic E-state index is 0.115. The lowest BCUT2D eigenvalue weighted by atomic mass is 10.0. The number of benzene rings is 1.